The van der Waals surface area contributed by atoms with E-state index in [1.54, 1.807) is 0 Å². The number of H-pyrrole nitrogens is 1. The molecule has 0 amide bonds. The van der Waals surface area contributed by atoms with Crippen molar-refractivity contribution in [2.45, 2.75) is 24.6 Å². The molecule has 5 N–H and O–H groups in total. The van der Waals surface area contributed by atoms with Gasteiger partial charge in [0.1, 0.15) is 12.2 Å². The minimum absolute atomic E-state index is 0.0167. The fourth-order valence-electron chi connectivity index (χ4n) is 2.21. The number of rotatable bonds is 2. The first-order chi connectivity index (χ1) is 9.52. The number of nitrogens with one attached hydrogen (secondary N) is 1. The quantitative estimate of drug-likeness (QED) is 0.515. The molecule has 0 spiro atoms. The lowest BCUT2D eigenvalue weighted by Crippen LogP contribution is -2.30. The molecule has 10 heteroatoms. The molecule has 1 fully saturated rings. The number of nitrogens with zero attached hydrogens (tertiary/aromatic N) is 3. The lowest BCUT2D eigenvalue weighted by molar-refractivity contribution is -0.0459. The van der Waals surface area contributed by atoms with E-state index in [2.05, 4.69) is 15.0 Å². The van der Waals surface area contributed by atoms with Gasteiger partial charge >= 0.3 is 0 Å². The molecular weight excluding hydrogens is 273 g/mol. The summed E-state index contributed by atoms with van der Waals surface area (Å²) in [5, 5.41) is 18.6. The zero-order chi connectivity index (χ0) is 14.4. The van der Waals surface area contributed by atoms with Crippen molar-refractivity contribution in [3.63, 3.8) is 0 Å². The average Bonchev–Trinajstić information content (AvgIpc) is 2.93. The monoisotopic (exact) mass is 285 g/mol. The predicted molar refractivity (Wildman–Crippen MR) is 64.5 cm³/mol. The maximum absolute atomic E-state index is 14.0. The van der Waals surface area contributed by atoms with Crippen molar-refractivity contribution in [1.82, 2.24) is 19.5 Å². The van der Waals surface area contributed by atoms with Gasteiger partial charge in [0, 0.05) is 0 Å². The van der Waals surface area contributed by atoms with Crippen LogP contribution in [0.25, 0.3) is 11.2 Å². The molecule has 0 aliphatic carbocycles. The fourth-order valence-corrected chi connectivity index (χ4v) is 2.21. The van der Waals surface area contributed by atoms with Gasteiger partial charge < -0.3 is 20.7 Å². The van der Waals surface area contributed by atoms with E-state index < -0.39 is 36.8 Å². The number of halogens is 1. The van der Waals surface area contributed by atoms with Crippen molar-refractivity contribution in [2.75, 3.05) is 12.3 Å². The van der Waals surface area contributed by atoms with Crippen molar-refractivity contribution in [1.29, 1.82) is 0 Å². The van der Waals surface area contributed by atoms with Crippen LogP contribution in [-0.4, -0.2) is 54.7 Å². The van der Waals surface area contributed by atoms with Crippen molar-refractivity contribution < 1.29 is 19.3 Å². The number of aromatic nitrogens is 4. The first-order valence-electron chi connectivity index (χ1n) is 5.83. The minimum Gasteiger partial charge on any atom is -0.394 e. The van der Waals surface area contributed by atoms with E-state index in [-0.39, 0.29) is 17.1 Å². The highest BCUT2D eigenvalue weighted by atomic mass is 19.1. The van der Waals surface area contributed by atoms with E-state index >= 15 is 0 Å². The number of aliphatic hydroxyl groups excluding tert-OH is 2. The van der Waals surface area contributed by atoms with Crippen molar-refractivity contribution in [3.8, 4) is 0 Å². The van der Waals surface area contributed by atoms with E-state index in [1.165, 1.54) is 10.9 Å². The highest BCUT2D eigenvalue weighted by Gasteiger charge is 2.45. The molecule has 9 nitrogen and oxygen atoms in total. The van der Waals surface area contributed by atoms with Gasteiger partial charge in [-0.15, -0.1) is 0 Å². The predicted octanol–water partition coefficient (Wildman–Crippen LogP) is -1.71. The second-order valence-corrected chi connectivity index (χ2v) is 4.46. The van der Waals surface area contributed by atoms with Gasteiger partial charge in [0.15, 0.2) is 23.6 Å². The molecule has 0 radical (unpaired) electrons. The molecule has 1 aliphatic heterocycles. The van der Waals surface area contributed by atoms with Gasteiger partial charge in [0.05, 0.1) is 12.9 Å². The highest BCUT2D eigenvalue weighted by molar-refractivity contribution is 5.70. The number of ether oxygens (including phenoxy) is 1. The Labute approximate surface area is 110 Å². The average molecular weight is 285 g/mol. The van der Waals surface area contributed by atoms with E-state index in [0.717, 1.165) is 0 Å². The maximum Gasteiger partial charge on any atom is 0.280 e. The molecule has 3 heterocycles. The molecule has 0 aromatic carbocycles. The summed E-state index contributed by atoms with van der Waals surface area (Å²) in [6, 6.07) is 0. The summed E-state index contributed by atoms with van der Waals surface area (Å²) in [6.07, 6.45) is -4.36. The lowest BCUT2D eigenvalue weighted by atomic mass is 10.1. The van der Waals surface area contributed by atoms with Crippen LogP contribution in [0.15, 0.2) is 11.1 Å². The number of aromatic amines is 1. The van der Waals surface area contributed by atoms with E-state index in [9.17, 15) is 14.3 Å². The highest BCUT2D eigenvalue weighted by Crippen LogP contribution is 2.32. The fraction of sp³-hybridized carbons (Fsp3) is 0.500. The maximum atomic E-state index is 14.0. The number of hydrogen-bond acceptors (Lipinski definition) is 7. The number of nitrogen functional groups attached to an aromatic ring is 1. The SMILES string of the molecule is Nc1nc2c(ncn2[C@H]2O[C@H](CO)[C@@H](O)[C@@H]2F)c(=O)[nH]1. The van der Waals surface area contributed by atoms with Crippen LogP contribution in [0.5, 0.6) is 0 Å². The molecule has 0 unspecified atom stereocenters. The molecule has 1 saturated heterocycles. The van der Waals surface area contributed by atoms with Crippen LogP contribution in [-0.2, 0) is 4.74 Å². The zero-order valence-corrected chi connectivity index (χ0v) is 10.1. The Hall–Kier alpha value is -2.04. The van der Waals surface area contributed by atoms with Crippen LogP contribution in [0.4, 0.5) is 10.3 Å². The minimum atomic E-state index is -1.79. The third-order valence-corrected chi connectivity index (χ3v) is 3.20. The van der Waals surface area contributed by atoms with Crippen LogP contribution < -0.4 is 11.3 Å². The Kier molecular flexibility index (Phi) is 2.92. The normalized spacial score (nSPS) is 30.1. The standard InChI is InChI=1S/C10H12FN5O4/c11-4-6(18)3(1-17)20-9(4)16-2-13-5-7(16)14-10(12)15-8(5)19/h2-4,6,9,17-18H,1H2,(H3,12,14,15,19)/t3-,4+,6-,9+/m1/s1. The lowest BCUT2D eigenvalue weighted by Gasteiger charge is -2.14. The Morgan fingerprint density at radius 3 is 3.00 bits per heavy atom. The first-order valence-corrected chi connectivity index (χ1v) is 5.83. The second-order valence-electron chi connectivity index (χ2n) is 4.46. The summed E-state index contributed by atoms with van der Waals surface area (Å²) in [5.41, 5.74) is 4.91. The van der Waals surface area contributed by atoms with E-state index in [4.69, 9.17) is 15.6 Å². The number of fused-ring (bicyclic) bond motifs is 1. The van der Waals surface area contributed by atoms with Crippen LogP contribution >= 0.6 is 0 Å². The molecule has 20 heavy (non-hydrogen) atoms. The van der Waals surface area contributed by atoms with Gasteiger partial charge in [-0.2, -0.15) is 4.98 Å². The summed E-state index contributed by atoms with van der Waals surface area (Å²) >= 11 is 0. The molecule has 2 aromatic rings. The Balaban J connectivity index is 2.09. The van der Waals surface area contributed by atoms with Crippen LogP contribution in [0.2, 0.25) is 0 Å². The van der Waals surface area contributed by atoms with Gasteiger partial charge in [0.2, 0.25) is 5.95 Å². The van der Waals surface area contributed by atoms with Crippen LogP contribution in [0, 0.1) is 0 Å². The van der Waals surface area contributed by atoms with Gasteiger partial charge in [-0.25, -0.2) is 9.37 Å². The van der Waals surface area contributed by atoms with Crippen molar-refractivity contribution >= 4 is 17.1 Å². The van der Waals surface area contributed by atoms with Crippen molar-refractivity contribution in [3.05, 3.63) is 16.7 Å². The molecule has 1 aliphatic rings. The topological polar surface area (TPSA) is 139 Å². The van der Waals surface area contributed by atoms with Crippen LogP contribution in [0.1, 0.15) is 6.23 Å². The molecule has 2 aromatic heterocycles. The molecular formula is C10H12FN5O4. The molecule has 4 atom stereocenters. The zero-order valence-electron chi connectivity index (χ0n) is 10.1. The van der Waals surface area contributed by atoms with E-state index in [0.29, 0.717) is 0 Å². The molecule has 3 rings (SSSR count). The Bertz CT molecular complexity index is 701. The Morgan fingerprint density at radius 2 is 2.35 bits per heavy atom. The van der Waals surface area contributed by atoms with E-state index in [1.807, 2.05) is 0 Å². The van der Waals surface area contributed by atoms with Crippen molar-refractivity contribution in [2.24, 2.45) is 0 Å². The number of nitrogens with two attached hydrogens (primary N) is 1. The number of anilines is 1. The number of alkyl halides is 1. The number of imidazole rings is 1. The summed E-state index contributed by atoms with van der Waals surface area (Å²) in [6.45, 7) is -0.527. The smallest absolute Gasteiger partial charge is 0.280 e. The van der Waals surface area contributed by atoms with Gasteiger partial charge in [-0.05, 0) is 0 Å². The third-order valence-electron chi connectivity index (χ3n) is 3.20. The van der Waals surface area contributed by atoms with Gasteiger partial charge in [0.25, 0.3) is 5.56 Å². The summed E-state index contributed by atoms with van der Waals surface area (Å²) in [4.78, 5) is 21.6. The molecule has 0 saturated carbocycles. The largest absolute Gasteiger partial charge is 0.394 e. The summed E-state index contributed by atoms with van der Waals surface area (Å²) in [7, 11) is 0. The number of aliphatic hydroxyl groups is 2. The van der Waals surface area contributed by atoms with Gasteiger partial charge in [-0.1, -0.05) is 0 Å². The molecule has 0 bridgehead atoms. The molecule has 108 valence electrons. The second kappa shape index (κ2) is 4.51. The number of hydrogen-bond donors (Lipinski definition) is 4. The first kappa shape index (κ1) is 13.0. The van der Waals surface area contributed by atoms with Crippen LogP contribution in [0.3, 0.4) is 0 Å². The summed E-state index contributed by atoms with van der Waals surface area (Å²) in [5.74, 6) is -0.142. The van der Waals surface area contributed by atoms with Gasteiger partial charge in [-0.3, -0.25) is 14.3 Å². The Morgan fingerprint density at radius 1 is 1.60 bits per heavy atom. The summed E-state index contributed by atoms with van der Waals surface area (Å²) < 4.78 is 20.4. The third kappa shape index (κ3) is 1.77.